The second kappa shape index (κ2) is 10.4. The SMILES string of the molecule is COC(=O)C[C@H](c1ccc(OC)c(CO)c1)c1oc(CN2CCOCC2)cc(=O)c1O. The molecule has 0 saturated carbocycles. The Hall–Kier alpha value is -2.88. The molecular formula is C22H27NO8. The van der Waals surface area contributed by atoms with Crippen molar-refractivity contribution in [1.82, 2.24) is 4.90 Å². The summed E-state index contributed by atoms with van der Waals surface area (Å²) in [5.74, 6) is -1.04. The third-order valence-electron chi connectivity index (χ3n) is 5.28. The molecule has 2 N–H and O–H groups in total. The van der Waals surface area contributed by atoms with Crippen molar-refractivity contribution < 1.29 is 33.6 Å². The summed E-state index contributed by atoms with van der Waals surface area (Å²) in [6, 6.07) is 6.26. The number of nitrogens with zero attached hydrogens (tertiary/aromatic N) is 1. The van der Waals surface area contributed by atoms with Gasteiger partial charge in [-0.3, -0.25) is 14.5 Å². The molecule has 1 saturated heterocycles. The summed E-state index contributed by atoms with van der Waals surface area (Å²) in [5, 5.41) is 20.2. The number of hydrogen-bond acceptors (Lipinski definition) is 9. The van der Waals surface area contributed by atoms with Gasteiger partial charge in [0.05, 0.1) is 52.9 Å². The summed E-state index contributed by atoms with van der Waals surface area (Å²) in [6.07, 6.45) is -0.162. The van der Waals surface area contributed by atoms with Gasteiger partial charge in [-0.25, -0.2) is 0 Å². The van der Waals surface area contributed by atoms with Crippen LogP contribution in [0.15, 0.2) is 33.5 Å². The average molecular weight is 433 g/mol. The summed E-state index contributed by atoms with van der Waals surface area (Å²) < 4.78 is 21.3. The molecule has 1 aliphatic rings. The van der Waals surface area contributed by atoms with Gasteiger partial charge < -0.3 is 28.8 Å². The normalized spacial score (nSPS) is 15.5. The lowest BCUT2D eigenvalue weighted by Crippen LogP contribution is -2.35. The van der Waals surface area contributed by atoms with Gasteiger partial charge in [-0.05, 0) is 17.7 Å². The van der Waals surface area contributed by atoms with Crippen LogP contribution < -0.4 is 10.2 Å². The number of aliphatic hydroxyl groups excluding tert-OH is 1. The fourth-order valence-electron chi connectivity index (χ4n) is 3.60. The van der Waals surface area contributed by atoms with E-state index >= 15 is 0 Å². The van der Waals surface area contributed by atoms with Gasteiger partial charge in [-0.15, -0.1) is 0 Å². The minimum absolute atomic E-state index is 0.0183. The second-order valence-corrected chi connectivity index (χ2v) is 7.24. The zero-order valence-electron chi connectivity index (χ0n) is 17.6. The number of benzene rings is 1. The van der Waals surface area contributed by atoms with Crippen LogP contribution in [-0.2, 0) is 27.4 Å². The maximum absolute atomic E-state index is 12.5. The number of rotatable bonds is 8. The van der Waals surface area contributed by atoms with Crippen molar-refractivity contribution >= 4 is 5.97 Å². The van der Waals surface area contributed by atoms with Crippen molar-refractivity contribution in [2.75, 3.05) is 40.5 Å². The van der Waals surface area contributed by atoms with Crippen LogP contribution in [0.3, 0.4) is 0 Å². The molecule has 1 atom stereocenters. The minimum Gasteiger partial charge on any atom is -0.502 e. The van der Waals surface area contributed by atoms with E-state index in [1.807, 2.05) is 0 Å². The lowest BCUT2D eigenvalue weighted by molar-refractivity contribution is -0.140. The fourth-order valence-corrected chi connectivity index (χ4v) is 3.60. The highest BCUT2D eigenvalue weighted by molar-refractivity contribution is 5.71. The molecule has 3 rings (SSSR count). The van der Waals surface area contributed by atoms with E-state index in [2.05, 4.69) is 4.90 Å². The number of methoxy groups -OCH3 is 2. The van der Waals surface area contributed by atoms with E-state index in [9.17, 15) is 19.8 Å². The standard InChI is InChI=1S/C22H27NO8/c1-28-19-4-3-14(9-15(19)13-24)17(11-20(26)29-2)22-21(27)18(25)10-16(31-22)12-23-5-7-30-8-6-23/h3-4,9-10,17,24,27H,5-8,11-13H2,1-2H3/t17-/m1/s1. The van der Waals surface area contributed by atoms with Crippen molar-refractivity contribution in [2.24, 2.45) is 0 Å². The van der Waals surface area contributed by atoms with E-state index in [1.54, 1.807) is 18.2 Å². The highest BCUT2D eigenvalue weighted by atomic mass is 16.5. The summed E-state index contributed by atoms with van der Waals surface area (Å²) in [7, 11) is 2.75. The first-order valence-corrected chi connectivity index (χ1v) is 9.97. The van der Waals surface area contributed by atoms with Crippen molar-refractivity contribution in [3.8, 4) is 11.5 Å². The number of morpholine rings is 1. The van der Waals surface area contributed by atoms with Gasteiger partial charge in [0.15, 0.2) is 5.76 Å². The molecule has 9 nitrogen and oxygen atoms in total. The molecule has 0 radical (unpaired) electrons. The average Bonchev–Trinajstić information content (AvgIpc) is 2.80. The smallest absolute Gasteiger partial charge is 0.306 e. The van der Waals surface area contributed by atoms with Gasteiger partial charge in [-0.2, -0.15) is 0 Å². The second-order valence-electron chi connectivity index (χ2n) is 7.24. The molecule has 0 unspecified atom stereocenters. The van der Waals surface area contributed by atoms with Crippen LogP contribution in [0.1, 0.15) is 35.0 Å². The molecule has 168 valence electrons. The third kappa shape index (κ3) is 5.43. The molecule has 1 aliphatic heterocycles. The summed E-state index contributed by atoms with van der Waals surface area (Å²) in [6.45, 7) is 2.68. The van der Waals surface area contributed by atoms with Crippen molar-refractivity contribution in [3.05, 3.63) is 57.1 Å². The van der Waals surface area contributed by atoms with E-state index in [-0.39, 0.29) is 18.8 Å². The maximum Gasteiger partial charge on any atom is 0.306 e. The Morgan fingerprint density at radius 1 is 1.23 bits per heavy atom. The van der Waals surface area contributed by atoms with Gasteiger partial charge in [0.25, 0.3) is 0 Å². The quantitative estimate of drug-likeness (QED) is 0.595. The molecule has 2 heterocycles. The third-order valence-corrected chi connectivity index (χ3v) is 5.28. The molecule has 1 fully saturated rings. The highest BCUT2D eigenvalue weighted by Gasteiger charge is 2.27. The lowest BCUT2D eigenvalue weighted by Gasteiger charge is -2.26. The molecule has 2 aromatic rings. The van der Waals surface area contributed by atoms with Crippen LogP contribution in [-0.4, -0.2) is 61.6 Å². The van der Waals surface area contributed by atoms with Gasteiger partial charge >= 0.3 is 5.97 Å². The van der Waals surface area contributed by atoms with Crippen LogP contribution in [0.5, 0.6) is 11.5 Å². The monoisotopic (exact) mass is 433 g/mol. The van der Waals surface area contributed by atoms with Gasteiger partial charge in [0.2, 0.25) is 11.2 Å². The lowest BCUT2D eigenvalue weighted by atomic mass is 9.91. The maximum atomic E-state index is 12.5. The Morgan fingerprint density at radius 3 is 2.61 bits per heavy atom. The molecular weight excluding hydrogens is 406 g/mol. The number of esters is 1. The zero-order chi connectivity index (χ0) is 22.4. The molecule has 0 amide bonds. The summed E-state index contributed by atoms with van der Waals surface area (Å²) in [5.41, 5.74) is 0.480. The molecule has 0 spiro atoms. The van der Waals surface area contributed by atoms with E-state index in [0.29, 0.717) is 55.5 Å². The topological polar surface area (TPSA) is 119 Å². The van der Waals surface area contributed by atoms with Crippen molar-refractivity contribution in [3.63, 3.8) is 0 Å². The fraction of sp³-hybridized carbons (Fsp3) is 0.455. The Balaban J connectivity index is 2.04. The Morgan fingerprint density at radius 2 is 1.97 bits per heavy atom. The predicted molar refractivity (Wildman–Crippen MR) is 110 cm³/mol. The van der Waals surface area contributed by atoms with Gasteiger partial charge in [-0.1, -0.05) is 6.07 Å². The van der Waals surface area contributed by atoms with Crippen LogP contribution in [0.2, 0.25) is 0 Å². The van der Waals surface area contributed by atoms with Crippen molar-refractivity contribution in [1.29, 1.82) is 0 Å². The number of aliphatic hydroxyl groups is 1. The molecule has 0 bridgehead atoms. The van der Waals surface area contributed by atoms with Crippen LogP contribution in [0, 0.1) is 0 Å². The first-order valence-electron chi connectivity index (χ1n) is 9.97. The number of aromatic hydroxyl groups is 1. The summed E-state index contributed by atoms with van der Waals surface area (Å²) in [4.78, 5) is 26.7. The van der Waals surface area contributed by atoms with Crippen LogP contribution >= 0.6 is 0 Å². The Bertz CT molecular complexity index is 964. The Kier molecular flexibility index (Phi) is 7.67. The minimum atomic E-state index is -0.791. The van der Waals surface area contributed by atoms with Crippen molar-refractivity contribution in [2.45, 2.75) is 25.5 Å². The van der Waals surface area contributed by atoms with Crippen LogP contribution in [0.25, 0.3) is 0 Å². The number of ether oxygens (including phenoxy) is 3. The molecule has 1 aromatic carbocycles. The zero-order valence-corrected chi connectivity index (χ0v) is 17.6. The largest absolute Gasteiger partial charge is 0.502 e. The Labute approximate surface area is 179 Å². The van der Waals surface area contributed by atoms with E-state index < -0.39 is 23.1 Å². The summed E-state index contributed by atoms with van der Waals surface area (Å²) >= 11 is 0. The van der Waals surface area contributed by atoms with E-state index in [0.717, 1.165) is 0 Å². The van der Waals surface area contributed by atoms with E-state index in [4.69, 9.17) is 18.6 Å². The van der Waals surface area contributed by atoms with Gasteiger partial charge in [0.1, 0.15) is 11.5 Å². The number of hydrogen-bond donors (Lipinski definition) is 2. The first kappa shape index (κ1) is 22.8. The van der Waals surface area contributed by atoms with Crippen LogP contribution in [0.4, 0.5) is 0 Å². The number of carbonyl (C=O) groups is 1. The van der Waals surface area contributed by atoms with E-state index in [1.165, 1.54) is 20.3 Å². The first-order chi connectivity index (χ1) is 15.0. The molecule has 0 aliphatic carbocycles. The highest BCUT2D eigenvalue weighted by Crippen LogP contribution is 2.35. The van der Waals surface area contributed by atoms with Gasteiger partial charge in [0, 0.05) is 24.7 Å². The molecule has 9 heteroatoms. The number of carbonyl (C=O) groups excluding carboxylic acids is 1. The molecule has 1 aromatic heterocycles. The molecule has 31 heavy (non-hydrogen) atoms. The predicted octanol–water partition coefficient (Wildman–Crippen LogP) is 1.37.